The molecule has 0 aliphatic heterocycles. The maximum Gasteiger partial charge on any atom is 0.165 e. The van der Waals surface area contributed by atoms with Crippen molar-refractivity contribution in [3.05, 3.63) is 0 Å². The van der Waals surface area contributed by atoms with Gasteiger partial charge in [-0.05, 0) is 37.5 Å². The largest absolute Gasteiger partial charge is 0.196 e. The highest BCUT2D eigenvalue weighted by atomic mass is 15.2. The van der Waals surface area contributed by atoms with Gasteiger partial charge in [-0.3, -0.25) is 0 Å². The van der Waals surface area contributed by atoms with Crippen molar-refractivity contribution >= 4 is 0 Å². The van der Waals surface area contributed by atoms with Gasteiger partial charge in [-0.25, -0.2) is 0 Å². The van der Waals surface area contributed by atoms with Crippen molar-refractivity contribution < 1.29 is 0 Å². The summed E-state index contributed by atoms with van der Waals surface area (Å²) >= 11 is 0. The molecule has 0 aliphatic carbocycles. The van der Waals surface area contributed by atoms with E-state index in [1.807, 2.05) is 6.92 Å². The lowest BCUT2D eigenvalue weighted by molar-refractivity contribution is 0.296. The fourth-order valence-corrected chi connectivity index (χ4v) is 2.28. The second kappa shape index (κ2) is 5.82. The SMILES string of the molecule is CC(CC(C)(C)C)N=NC(C)(C#N)CC(C)(C)C. The molecule has 0 amide bonds. The van der Waals surface area contributed by atoms with E-state index in [1.54, 1.807) is 0 Å². The van der Waals surface area contributed by atoms with Crippen molar-refractivity contribution in [1.29, 1.82) is 5.26 Å². The van der Waals surface area contributed by atoms with Gasteiger partial charge in [0.1, 0.15) is 0 Å². The molecule has 0 heterocycles. The fourth-order valence-electron chi connectivity index (χ4n) is 2.28. The predicted molar refractivity (Wildman–Crippen MR) is 76.5 cm³/mol. The van der Waals surface area contributed by atoms with Crippen LogP contribution in [0.4, 0.5) is 0 Å². The third-order valence-electron chi connectivity index (χ3n) is 2.50. The number of hydrogen-bond acceptors (Lipinski definition) is 3. The minimum atomic E-state index is -0.704. The van der Waals surface area contributed by atoms with Crippen molar-refractivity contribution in [3.63, 3.8) is 0 Å². The Morgan fingerprint density at radius 2 is 1.50 bits per heavy atom. The molecule has 0 aliphatic rings. The summed E-state index contributed by atoms with van der Waals surface area (Å²) in [5.41, 5.74) is -0.382. The summed E-state index contributed by atoms with van der Waals surface area (Å²) < 4.78 is 0. The molecule has 104 valence electrons. The zero-order valence-corrected chi connectivity index (χ0v) is 13.3. The van der Waals surface area contributed by atoms with Gasteiger partial charge in [-0.1, -0.05) is 41.5 Å². The summed E-state index contributed by atoms with van der Waals surface area (Å²) in [6, 6.07) is 2.46. The monoisotopic (exact) mass is 251 g/mol. The molecule has 2 atom stereocenters. The Hall–Kier alpha value is -0.910. The first-order valence-corrected chi connectivity index (χ1v) is 6.70. The van der Waals surface area contributed by atoms with E-state index < -0.39 is 5.54 Å². The molecule has 0 N–H and O–H groups in total. The smallest absolute Gasteiger partial charge is 0.165 e. The molecule has 0 aromatic heterocycles. The number of rotatable bonds is 4. The molecule has 0 spiro atoms. The van der Waals surface area contributed by atoms with Crippen molar-refractivity contribution in [1.82, 2.24) is 0 Å². The minimum Gasteiger partial charge on any atom is -0.196 e. The molecule has 0 fully saturated rings. The van der Waals surface area contributed by atoms with E-state index in [9.17, 15) is 5.26 Å². The Morgan fingerprint density at radius 3 is 1.83 bits per heavy atom. The first kappa shape index (κ1) is 17.1. The Kier molecular flexibility index (Phi) is 5.53. The van der Waals surface area contributed by atoms with Crippen LogP contribution in [0.2, 0.25) is 0 Å². The first-order valence-electron chi connectivity index (χ1n) is 6.70. The second-order valence-corrected chi connectivity index (χ2v) is 7.95. The van der Waals surface area contributed by atoms with Gasteiger partial charge in [0.2, 0.25) is 0 Å². The average molecular weight is 251 g/mol. The van der Waals surface area contributed by atoms with Crippen LogP contribution in [0.1, 0.15) is 68.2 Å². The standard InChI is InChI=1S/C15H29N3/c1-12(9-13(2,3)4)17-18-15(8,11-16)10-14(5,6)7/h12H,9-10H2,1-8H3. The molecule has 2 unspecified atom stereocenters. The van der Waals surface area contributed by atoms with Crippen molar-refractivity contribution in [2.24, 2.45) is 21.1 Å². The Labute approximate surface area is 113 Å². The number of nitriles is 1. The number of azo groups is 1. The quantitative estimate of drug-likeness (QED) is 0.650. The van der Waals surface area contributed by atoms with Gasteiger partial charge in [0.05, 0.1) is 12.1 Å². The topological polar surface area (TPSA) is 48.5 Å². The average Bonchev–Trinajstić information content (AvgIpc) is 2.09. The van der Waals surface area contributed by atoms with Gasteiger partial charge in [0.25, 0.3) is 0 Å². The van der Waals surface area contributed by atoms with E-state index in [0.29, 0.717) is 0 Å². The van der Waals surface area contributed by atoms with Gasteiger partial charge >= 0.3 is 0 Å². The summed E-state index contributed by atoms with van der Waals surface area (Å²) in [6.45, 7) is 16.9. The molecule has 0 radical (unpaired) electrons. The first-order chi connectivity index (χ1) is 7.87. The second-order valence-electron chi connectivity index (χ2n) is 7.95. The maximum absolute atomic E-state index is 9.29. The number of nitrogens with zero attached hydrogens (tertiary/aromatic N) is 3. The predicted octanol–water partition coefficient (Wildman–Crippen LogP) is 4.98. The highest BCUT2D eigenvalue weighted by molar-refractivity contribution is 5.05. The zero-order chi connectivity index (χ0) is 14.6. The zero-order valence-electron chi connectivity index (χ0n) is 13.3. The van der Waals surface area contributed by atoms with Crippen molar-refractivity contribution in [2.75, 3.05) is 0 Å². The Balaban J connectivity index is 4.68. The third-order valence-corrected chi connectivity index (χ3v) is 2.50. The van der Waals surface area contributed by atoms with Crippen LogP contribution >= 0.6 is 0 Å². The summed E-state index contributed by atoms with van der Waals surface area (Å²) in [5.74, 6) is 0. The Bertz CT molecular complexity index is 325. The van der Waals surface area contributed by atoms with Crippen molar-refractivity contribution in [3.8, 4) is 6.07 Å². The van der Waals surface area contributed by atoms with Crippen LogP contribution in [0.25, 0.3) is 0 Å². The summed E-state index contributed by atoms with van der Waals surface area (Å²) in [5, 5.41) is 17.9. The van der Waals surface area contributed by atoms with Gasteiger partial charge in [-0.2, -0.15) is 15.5 Å². The Morgan fingerprint density at radius 1 is 1.00 bits per heavy atom. The molecule has 18 heavy (non-hydrogen) atoms. The van der Waals surface area contributed by atoms with Gasteiger partial charge in [-0.15, -0.1) is 0 Å². The van der Waals surface area contributed by atoms with Crippen molar-refractivity contribution in [2.45, 2.75) is 79.8 Å². The van der Waals surface area contributed by atoms with E-state index in [-0.39, 0.29) is 16.9 Å². The molecule has 3 heteroatoms. The molecule has 0 saturated carbocycles. The molecular weight excluding hydrogens is 222 g/mol. The van der Waals surface area contributed by atoms with E-state index in [0.717, 1.165) is 12.8 Å². The van der Waals surface area contributed by atoms with Crippen LogP contribution in [0.15, 0.2) is 10.2 Å². The lowest BCUT2D eigenvalue weighted by Crippen LogP contribution is -2.27. The lowest BCUT2D eigenvalue weighted by atomic mass is 9.82. The molecule has 0 aromatic carbocycles. The molecule has 3 nitrogen and oxygen atoms in total. The summed E-state index contributed by atoms with van der Waals surface area (Å²) in [6.07, 6.45) is 1.70. The molecule has 0 bridgehead atoms. The molecule has 0 saturated heterocycles. The van der Waals surface area contributed by atoms with Gasteiger partial charge in [0.15, 0.2) is 5.54 Å². The summed E-state index contributed by atoms with van der Waals surface area (Å²) in [7, 11) is 0. The normalized spacial score (nSPS) is 18.4. The summed E-state index contributed by atoms with van der Waals surface area (Å²) in [4.78, 5) is 0. The van der Waals surface area contributed by atoms with Gasteiger partial charge in [0, 0.05) is 0 Å². The van der Waals surface area contributed by atoms with Crippen LogP contribution in [0.3, 0.4) is 0 Å². The third kappa shape index (κ3) is 8.22. The molecule has 0 aromatic rings. The lowest BCUT2D eigenvalue weighted by Gasteiger charge is -2.26. The van der Waals surface area contributed by atoms with Crippen LogP contribution in [0.5, 0.6) is 0 Å². The van der Waals surface area contributed by atoms with E-state index in [4.69, 9.17) is 0 Å². The highest BCUT2D eigenvalue weighted by Crippen LogP contribution is 2.30. The van der Waals surface area contributed by atoms with Gasteiger partial charge < -0.3 is 0 Å². The molecule has 0 rings (SSSR count). The fraction of sp³-hybridized carbons (Fsp3) is 0.933. The van der Waals surface area contributed by atoms with Crippen LogP contribution in [-0.4, -0.2) is 11.6 Å². The van der Waals surface area contributed by atoms with E-state index in [1.165, 1.54) is 0 Å². The van der Waals surface area contributed by atoms with E-state index in [2.05, 4.69) is 64.8 Å². The maximum atomic E-state index is 9.29. The minimum absolute atomic E-state index is 0.0801. The highest BCUT2D eigenvalue weighted by Gasteiger charge is 2.30. The van der Waals surface area contributed by atoms with Crippen LogP contribution < -0.4 is 0 Å². The number of hydrogen-bond donors (Lipinski definition) is 0. The van der Waals surface area contributed by atoms with Crippen LogP contribution in [-0.2, 0) is 0 Å². The van der Waals surface area contributed by atoms with E-state index >= 15 is 0 Å². The molecular formula is C15H29N3. The van der Waals surface area contributed by atoms with Crippen LogP contribution in [0, 0.1) is 22.2 Å².